The van der Waals surface area contributed by atoms with Crippen molar-refractivity contribution in [1.82, 2.24) is 24.1 Å². The average Bonchev–Trinajstić information content (AvgIpc) is 3.71. The van der Waals surface area contributed by atoms with Crippen LogP contribution in [0.4, 0.5) is 0 Å². The van der Waals surface area contributed by atoms with Crippen molar-refractivity contribution in [3.8, 4) is 56.7 Å². The van der Waals surface area contributed by atoms with Gasteiger partial charge in [0.15, 0.2) is 11.6 Å². The van der Waals surface area contributed by atoms with Gasteiger partial charge in [0.25, 0.3) is 0 Å². The molecule has 8 aromatic carbocycles. The van der Waals surface area contributed by atoms with E-state index in [9.17, 15) is 0 Å². The van der Waals surface area contributed by atoms with Crippen LogP contribution in [0.5, 0.6) is 0 Å². The van der Waals surface area contributed by atoms with Crippen molar-refractivity contribution >= 4 is 54.4 Å². The Bertz CT molecular complexity index is 3330. The molecule has 0 fully saturated rings. The molecule has 0 bridgehead atoms. The van der Waals surface area contributed by atoms with Crippen LogP contribution in [0.1, 0.15) is 0 Å². The number of fused-ring (bicyclic) bond motifs is 13. The Hall–Kier alpha value is -7.37. The zero-order valence-electron chi connectivity index (χ0n) is 29.0. The number of rotatable bonds is 3. The molecule has 5 nitrogen and oxygen atoms in total. The summed E-state index contributed by atoms with van der Waals surface area (Å²) < 4.78 is 4.74. The van der Waals surface area contributed by atoms with Crippen LogP contribution in [-0.2, 0) is 0 Å². The van der Waals surface area contributed by atoms with Crippen molar-refractivity contribution in [1.29, 1.82) is 0 Å². The van der Waals surface area contributed by atoms with Crippen LogP contribution < -0.4 is 0 Å². The maximum absolute atomic E-state index is 5.33. The van der Waals surface area contributed by atoms with Crippen LogP contribution in [0, 0.1) is 0 Å². The predicted molar refractivity (Wildman–Crippen MR) is 221 cm³/mol. The van der Waals surface area contributed by atoms with E-state index in [4.69, 9.17) is 15.0 Å². The molecule has 0 radical (unpaired) electrons. The van der Waals surface area contributed by atoms with E-state index in [0.29, 0.717) is 17.6 Å². The number of para-hydroxylation sites is 3. The molecule has 0 aliphatic carbocycles. The van der Waals surface area contributed by atoms with Gasteiger partial charge in [-0.2, -0.15) is 9.97 Å². The third kappa shape index (κ3) is 4.06. The molecule has 3 aromatic heterocycles. The van der Waals surface area contributed by atoms with E-state index in [1.807, 2.05) is 18.2 Å². The summed E-state index contributed by atoms with van der Waals surface area (Å²) in [6.07, 6.45) is 0. The van der Waals surface area contributed by atoms with E-state index >= 15 is 0 Å². The lowest BCUT2D eigenvalue weighted by Gasteiger charge is -2.13. The smallest absolute Gasteiger partial charge is 0.238 e. The monoisotopic (exact) mass is 687 g/mol. The molecule has 0 atom stereocenters. The van der Waals surface area contributed by atoms with Crippen LogP contribution in [-0.4, -0.2) is 24.1 Å². The normalized spacial score (nSPS) is 12.1. The quantitative estimate of drug-likeness (QED) is 0.186. The van der Waals surface area contributed by atoms with Crippen LogP contribution in [0.15, 0.2) is 176 Å². The first-order valence-electron chi connectivity index (χ1n) is 18.3. The number of hydrogen-bond donors (Lipinski definition) is 0. The molecule has 54 heavy (non-hydrogen) atoms. The maximum atomic E-state index is 5.33. The first-order valence-corrected chi connectivity index (χ1v) is 18.3. The van der Waals surface area contributed by atoms with E-state index in [2.05, 4.69) is 167 Å². The minimum atomic E-state index is 0.582. The van der Waals surface area contributed by atoms with Gasteiger partial charge in [0.2, 0.25) is 5.95 Å². The van der Waals surface area contributed by atoms with Gasteiger partial charge in [0.1, 0.15) is 0 Å². The standard InChI is InChI=1S/C49H29N5/c1-2-15-31(16-3-1)47-50-48(33-27-26-30-14-4-5-17-32(30)28-33)52-49(51-47)54-42-25-13-10-22-38(42)44-43(54)29-39-36-20-9-12-24-41(36)53-40-23-11-8-19-35(40)34-18-6-7-21-37(34)45(44)46(39)53/h1-29H. The van der Waals surface area contributed by atoms with Gasteiger partial charge in [-0.15, -0.1) is 0 Å². The molecule has 0 N–H and O–H groups in total. The molecule has 0 amide bonds. The fourth-order valence-corrected chi connectivity index (χ4v) is 8.77. The summed E-state index contributed by atoms with van der Waals surface area (Å²) in [5.74, 6) is 1.84. The first kappa shape index (κ1) is 29.2. The molecule has 4 heterocycles. The Labute approximate surface area is 310 Å². The summed E-state index contributed by atoms with van der Waals surface area (Å²) in [5, 5.41) is 7.04. The fraction of sp³-hybridized carbons (Fsp3) is 0. The molecular formula is C49H29N5. The minimum absolute atomic E-state index is 0.582. The van der Waals surface area contributed by atoms with Crippen LogP contribution in [0.2, 0.25) is 0 Å². The van der Waals surface area contributed by atoms with E-state index in [-0.39, 0.29) is 0 Å². The Morgan fingerprint density at radius 2 is 1.00 bits per heavy atom. The van der Waals surface area contributed by atoms with Gasteiger partial charge in [-0.05, 0) is 52.2 Å². The molecule has 11 aromatic rings. The van der Waals surface area contributed by atoms with Crippen molar-refractivity contribution in [2.24, 2.45) is 0 Å². The van der Waals surface area contributed by atoms with Crippen molar-refractivity contribution in [3.05, 3.63) is 176 Å². The second-order valence-electron chi connectivity index (χ2n) is 14.0. The van der Waals surface area contributed by atoms with Crippen LogP contribution in [0.3, 0.4) is 0 Å². The highest BCUT2D eigenvalue weighted by Gasteiger charge is 2.29. The molecule has 0 unspecified atom stereocenters. The number of hydrogen-bond acceptors (Lipinski definition) is 3. The van der Waals surface area contributed by atoms with Gasteiger partial charge in [-0.1, -0.05) is 146 Å². The first-order chi connectivity index (χ1) is 26.8. The van der Waals surface area contributed by atoms with Gasteiger partial charge in [-0.3, -0.25) is 4.57 Å². The molecular weight excluding hydrogens is 659 g/mol. The third-order valence-electron chi connectivity index (χ3n) is 11.1. The summed E-state index contributed by atoms with van der Waals surface area (Å²) in [6, 6.07) is 62.6. The topological polar surface area (TPSA) is 48.5 Å². The van der Waals surface area contributed by atoms with Crippen LogP contribution in [0.25, 0.3) is 111 Å². The SMILES string of the molecule is c1ccc(-c2nc(-c3ccc4ccccc4c3)nc(-n3c4ccccc4c4c5c6c(cc43)c3ccccc3n6-c3ccccc3-c3ccccc3-5)n2)cc1. The number of aromatic nitrogens is 5. The van der Waals surface area contributed by atoms with Crippen molar-refractivity contribution in [3.63, 3.8) is 0 Å². The second kappa shape index (κ2) is 11.1. The number of benzene rings is 8. The molecule has 1 aliphatic rings. The summed E-state index contributed by atoms with van der Waals surface area (Å²) in [4.78, 5) is 15.7. The summed E-state index contributed by atoms with van der Waals surface area (Å²) in [6.45, 7) is 0. The third-order valence-corrected chi connectivity index (χ3v) is 11.1. The van der Waals surface area contributed by atoms with Crippen molar-refractivity contribution in [2.45, 2.75) is 0 Å². The Morgan fingerprint density at radius 1 is 0.370 bits per heavy atom. The fourth-order valence-electron chi connectivity index (χ4n) is 8.77. The summed E-state index contributed by atoms with van der Waals surface area (Å²) in [7, 11) is 0. The van der Waals surface area contributed by atoms with Gasteiger partial charge in [-0.25, -0.2) is 4.98 Å². The molecule has 0 saturated heterocycles. The van der Waals surface area contributed by atoms with Crippen molar-refractivity contribution in [2.75, 3.05) is 0 Å². The Morgan fingerprint density at radius 3 is 1.83 bits per heavy atom. The molecule has 0 spiro atoms. The largest absolute Gasteiger partial charge is 0.308 e. The molecule has 5 heteroatoms. The van der Waals surface area contributed by atoms with E-state index in [0.717, 1.165) is 32.9 Å². The van der Waals surface area contributed by atoms with Gasteiger partial charge in [0, 0.05) is 43.8 Å². The van der Waals surface area contributed by atoms with Gasteiger partial charge < -0.3 is 4.57 Å². The Balaban J connectivity index is 1.26. The predicted octanol–water partition coefficient (Wildman–Crippen LogP) is 12.2. The molecule has 12 rings (SSSR count). The zero-order chi connectivity index (χ0) is 35.3. The Kier molecular flexibility index (Phi) is 5.99. The lowest BCUT2D eigenvalue weighted by atomic mass is 9.91. The molecule has 250 valence electrons. The summed E-state index contributed by atoms with van der Waals surface area (Å²) >= 11 is 0. The van der Waals surface area contributed by atoms with Crippen molar-refractivity contribution < 1.29 is 0 Å². The lowest BCUT2D eigenvalue weighted by molar-refractivity contribution is 0.954. The highest BCUT2D eigenvalue weighted by Crippen LogP contribution is 2.51. The summed E-state index contributed by atoms with van der Waals surface area (Å²) in [5.41, 5.74) is 12.4. The van der Waals surface area contributed by atoms with E-state index in [1.54, 1.807) is 0 Å². The number of nitrogens with zero attached hydrogens (tertiary/aromatic N) is 5. The van der Waals surface area contributed by atoms with E-state index in [1.165, 1.54) is 60.5 Å². The minimum Gasteiger partial charge on any atom is -0.308 e. The van der Waals surface area contributed by atoms with Crippen LogP contribution >= 0.6 is 0 Å². The molecule has 0 saturated carbocycles. The maximum Gasteiger partial charge on any atom is 0.238 e. The zero-order valence-corrected chi connectivity index (χ0v) is 29.0. The highest BCUT2D eigenvalue weighted by atomic mass is 15.2. The average molecular weight is 688 g/mol. The van der Waals surface area contributed by atoms with Gasteiger partial charge in [0.05, 0.1) is 27.8 Å². The lowest BCUT2D eigenvalue weighted by Crippen LogP contribution is -2.06. The second-order valence-corrected chi connectivity index (χ2v) is 14.0. The van der Waals surface area contributed by atoms with Gasteiger partial charge >= 0.3 is 0 Å². The molecule has 1 aliphatic heterocycles. The highest BCUT2D eigenvalue weighted by molar-refractivity contribution is 6.28. The van der Waals surface area contributed by atoms with E-state index < -0.39 is 0 Å².